The lowest BCUT2D eigenvalue weighted by Crippen LogP contribution is -2.31. The minimum absolute atomic E-state index is 0.188. The zero-order chi connectivity index (χ0) is 23.7. The molecule has 1 unspecified atom stereocenters. The number of carbonyl (C=O) groups excluding carboxylic acids is 1. The molecule has 1 aliphatic rings. The molecule has 1 atom stereocenters. The number of nitrogens with one attached hydrogen (secondary N) is 1. The third kappa shape index (κ3) is 4.34. The number of para-hydroxylation sites is 1. The van der Waals surface area contributed by atoms with Crippen molar-refractivity contribution in [1.82, 2.24) is 14.9 Å². The van der Waals surface area contributed by atoms with Crippen molar-refractivity contribution in [2.75, 3.05) is 6.79 Å². The number of carbonyl (C=O) groups is 1. The van der Waals surface area contributed by atoms with E-state index < -0.39 is 11.1 Å². The van der Waals surface area contributed by atoms with E-state index in [4.69, 9.17) is 9.47 Å². The summed E-state index contributed by atoms with van der Waals surface area (Å²) in [6.07, 6.45) is 0. The quantitative estimate of drug-likeness (QED) is 0.333. The van der Waals surface area contributed by atoms with E-state index in [1.807, 2.05) is 18.2 Å². The molecule has 1 amide bonds. The van der Waals surface area contributed by atoms with Gasteiger partial charge in [0.15, 0.2) is 16.7 Å². The highest BCUT2D eigenvalue weighted by Gasteiger charge is 2.21. The SMILES string of the molecule is CC(Sc1nc2ccccc2c(=O)n1-c1ccc(F)cc1)C(=O)NCc1ccc2c(c1)OCO2. The van der Waals surface area contributed by atoms with Crippen molar-refractivity contribution in [3.63, 3.8) is 0 Å². The summed E-state index contributed by atoms with van der Waals surface area (Å²) in [5.74, 6) is 0.713. The molecule has 0 spiro atoms. The maximum absolute atomic E-state index is 13.5. The fourth-order valence-electron chi connectivity index (χ4n) is 3.60. The Bertz CT molecular complexity index is 1440. The number of thioether (sulfide) groups is 1. The summed E-state index contributed by atoms with van der Waals surface area (Å²) in [7, 11) is 0. The Morgan fingerprint density at radius 2 is 1.88 bits per heavy atom. The van der Waals surface area contributed by atoms with Crippen LogP contribution in [0.2, 0.25) is 0 Å². The number of benzene rings is 3. The van der Waals surface area contributed by atoms with Gasteiger partial charge in [0, 0.05) is 6.54 Å². The second kappa shape index (κ2) is 9.18. The molecule has 0 saturated carbocycles. The summed E-state index contributed by atoms with van der Waals surface area (Å²) in [4.78, 5) is 30.8. The van der Waals surface area contributed by atoms with E-state index in [0.717, 1.165) is 17.3 Å². The minimum atomic E-state index is -0.547. The Hall–Kier alpha value is -3.85. The number of nitrogens with zero attached hydrogens (tertiary/aromatic N) is 2. The molecule has 172 valence electrons. The summed E-state index contributed by atoms with van der Waals surface area (Å²) in [5, 5.41) is 3.15. The normalized spacial score (nSPS) is 13.1. The molecule has 0 saturated heterocycles. The average Bonchev–Trinajstić information content (AvgIpc) is 3.31. The molecule has 0 aliphatic carbocycles. The molecule has 0 radical (unpaired) electrons. The Balaban J connectivity index is 1.39. The zero-order valence-electron chi connectivity index (χ0n) is 18.2. The van der Waals surface area contributed by atoms with Crippen molar-refractivity contribution in [2.45, 2.75) is 23.9 Å². The van der Waals surface area contributed by atoms with Gasteiger partial charge in [0.1, 0.15) is 5.82 Å². The van der Waals surface area contributed by atoms with E-state index in [0.29, 0.717) is 39.8 Å². The van der Waals surface area contributed by atoms with E-state index in [1.165, 1.54) is 28.8 Å². The van der Waals surface area contributed by atoms with Crippen molar-refractivity contribution in [1.29, 1.82) is 0 Å². The first-order chi connectivity index (χ1) is 16.5. The molecule has 1 N–H and O–H groups in total. The summed E-state index contributed by atoms with van der Waals surface area (Å²) in [6.45, 7) is 2.25. The first-order valence-electron chi connectivity index (χ1n) is 10.6. The average molecular weight is 478 g/mol. The number of amides is 1. The summed E-state index contributed by atoms with van der Waals surface area (Å²) in [5.41, 5.74) is 1.59. The van der Waals surface area contributed by atoms with Crippen LogP contribution in [0, 0.1) is 5.82 Å². The molecule has 2 heterocycles. The molecule has 1 aromatic heterocycles. The van der Waals surface area contributed by atoms with E-state index in [1.54, 1.807) is 31.2 Å². The molecule has 0 fully saturated rings. The summed E-state index contributed by atoms with van der Waals surface area (Å²) >= 11 is 1.16. The highest BCUT2D eigenvalue weighted by molar-refractivity contribution is 8.00. The fraction of sp³-hybridized carbons (Fsp3) is 0.160. The van der Waals surface area contributed by atoms with E-state index in [9.17, 15) is 14.0 Å². The monoisotopic (exact) mass is 477 g/mol. The lowest BCUT2D eigenvalue weighted by atomic mass is 10.2. The Morgan fingerprint density at radius 1 is 1.12 bits per heavy atom. The van der Waals surface area contributed by atoms with Crippen LogP contribution in [-0.4, -0.2) is 27.5 Å². The molecule has 9 heteroatoms. The number of rotatable bonds is 6. The molecule has 4 aromatic rings. The largest absolute Gasteiger partial charge is 0.454 e. The van der Waals surface area contributed by atoms with Crippen molar-refractivity contribution < 1.29 is 18.7 Å². The Labute approximate surface area is 198 Å². The topological polar surface area (TPSA) is 82.5 Å². The van der Waals surface area contributed by atoms with Crippen molar-refractivity contribution in [2.24, 2.45) is 0 Å². The molecule has 1 aliphatic heterocycles. The number of fused-ring (bicyclic) bond motifs is 2. The van der Waals surface area contributed by atoms with Crippen LogP contribution in [0.3, 0.4) is 0 Å². The molecule has 7 nitrogen and oxygen atoms in total. The predicted molar refractivity (Wildman–Crippen MR) is 127 cm³/mol. The standard InChI is InChI=1S/C25H20FN3O4S/c1-15(23(30)27-13-16-6-11-21-22(12-16)33-14-32-21)34-25-28-20-5-3-2-4-19(20)24(31)29(25)18-9-7-17(26)8-10-18/h2-12,15H,13-14H2,1H3,(H,27,30). The van der Waals surface area contributed by atoms with Crippen LogP contribution in [0.1, 0.15) is 12.5 Å². The minimum Gasteiger partial charge on any atom is -0.454 e. The van der Waals surface area contributed by atoms with Crippen LogP contribution < -0.4 is 20.3 Å². The maximum Gasteiger partial charge on any atom is 0.266 e. The van der Waals surface area contributed by atoms with Gasteiger partial charge in [-0.15, -0.1) is 0 Å². The van der Waals surface area contributed by atoms with E-state index in [-0.39, 0.29) is 18.3 Å². The van der Waals surface area contributed by atoms with Gasteiger partial charge in [0.05, 0.1) is 21.8 Å². The molecule has 5 rings (SSSR count). The predicted octanol–water partition coefficient (Wildman–Crippen LogP) is 4.05. The van der Waals surface area contributed by atoms with Crippen LogP contribution in [-0.2, 0) is 11.3 Å². The van der Waals surface area contributed by atoms with Gasteiger partial charge in [-0.05, 0) is 61.0 Å². The molecular weight excluding hydrogens is 457 g/mol. The van der Waals surface area contributed by atoms with Crippen LogP contribution >= 0.6 is 11.8 Å². The third-order valence-corrected chi connectivity index (χ3v) is 6.44. The van der Waals surface area contributed by atoms with Gasteiger partial charge in [-0.25, -0.2) is 9.37 Å². The molecule has 34 heavy (non-hydrogen) atoms. The summed E-state index contributed by atoms with van der Waals surface area (Å²) in [6, 6.07) is 18.1. The number of ether oxygens (including phenoxy) is 2. The second-order valence-electron chi connectivity index (χ2n) is 7.69. The molecule has 0 bridgehead atoms. The van der Waals surface area contributed by atoms with Crippen molar-refractivity contribution in [3.05, 3.63) is 88.5 Å². The third-order valence-electron chi connectivity index (χ3n) is 5.38. The van der Waals surface area contributed by atoms with Gasteiger partial charge >= 0.3 is 0 Å². The summed E-state index contributed by atoms with van der Waals surface area (Å²) < 4.78 is 25.6. The highest BCUT2D eigenvalue weighted by atomic mass is 32.2. The van der Waals surface area contributed by atoms with E-state index in [2.05, 4.69) is 10.3 Å². The van der Waals surface area contributed by atoms with Gasteiger partial charge in [0.2, 0.25) is 12.7 Å². The number of aromatic nitrogens is 2. The van der Waals surface area contributed by atoms with Crippen molar-refractivity contribution in [3.8, 4) is 17.2 Å². The lowest BCUT2D eigenvalue weighted by molar-refractivity contribution is -0.120. The van der Waals surface area contributed by atoms with Crippen molar-refractivity contribution >= 4 is 28.6 Å². The lowest BCUT2D eigenvalue weighted by Gasteiger charge is -2.16. The van der Waals surface area contributed by atoms with Gasteiger partial charge in [-0.1, -0.05) is 30.0 Å². The first-order valence-corrected chi connectivity index (χ1v) is 11.5. The highest BCUT2D eigenvalue weighted by Crippen LogP contribution is 2.32. The second-order valence-corrected chi connectivity index (χ2v) is 9.00. The fourth-order valence-corrected chi connectivity index (χ4v) is 4.56. The Kier molecular flexibility index (Phi) is 5.93. The number of hydrogen-bond acceptors (Lipinski definition) is 6. The van der Waals surface area contributed by atoms with Crippen LogP contribution in [0.5, 0.6) is 11.5 Å². The number of hydrogen-bond donors (Lipinski definition) is 1. The maximum atomic E-state index is 13.5. The zero-order valence-corrected chi connectivity index (χ0v) is 19.0. The first kappa shape index (κ1) is 22.0. The van der Waals surface area contributed by atoms with Crippen LogP contribution in [0.15, 0.2) is 76.7 Å². The molecular formula is C25H20FN3O4S. The van der Waals surface area contributed by atoms with E-state index >= 15 is 0 Å². The number of halogens is 1. The van der Waals surface area contributed by atoms with Gasteiger partial charge in [0.25, 0.3) is 5.56 Å². The molecule has 3 aromatic carbocycles. The smallest absolute Gasteiger partial charge is 0.266 e. The Morgan fingerprint density at radius 3 is 2.71 bits per heavy atom. The van der Waals surface area contributed by atoms with Crippen LogP contribution in [0.25, 0.3) is 16.6 Å². The van der Waals surface area contributed by atoms with Gasteiger partial charge in [-0.2, -0.15) is 0 Å². The van der Waals surface area contributed by atoms with Gasteiger partial charge < -0.3 is 14.8 Å². The van der Waals surface area contributed by atoms with Gasteiger partial charge in [-0.3, -0.25) is 14.2 Å². The van der Waals surface area contributed by atoms with Crippen LogP contribution in [0.4, 0.5) is 4.39 Å².